The number of nitrogens with zero attached hydrogens (tertiary/aromatic N) is 1. The molecule has 1 N–H and O–H groups in total. The van der Waals surface area contributed by atoms with Crippen LogP contribution >= 0.6 is 0 Å². The van der Waals surface area contributed by atoms with Gasteiger partial charge in [0, 0.05) is 5.69 Å². The van der Waals surface area contributed by atoms with Crippen molar-refractivity contribution < 1.29 is 23.6 Å². The Labute approximate surface area is 175 Å². The van der Waals surface area contributed by atoms with Crippen LogP contribution in [0.4, 0.5) is 5.69 Å². The van der Waals surface area contributed by atoms with Crippen molar-refractivity contribution >= 4 is 17.6 Å². The van der Waals surface area contributed by atoms with E-state index in [-0.39, 0.29) is 12.3 Å². The van der Waals surface area contributed by atoms with E-state index in [0.29, 0.717) is 18.0 Å². The zero-order valence-electron chi connectivity index (χ0n) is 17.2. The molecular weight excluding hydrogens is 384 g/mol. The number of carbonyl (C=O) groups excluding carboxylic acids is 2. The predicted octanol–water partition coefficient (Wildman–Crippen LogP) is 3.98. The molecule has 0 radical (unpaired) electrons. The highest BCUT2D eigenvalue weighted by molar-refractivity contribution is 5.95. The third-order valence-electron chi connectivity index (χ3n) is 4.55. The van der Waals surface area contributed by atoms with Crippen molar-refractivity contribution in [2.24, 2.45) is 0 Å². The molecule has 1 aromatic heterocycles. The molecule has 1 atom stereocenters. The summed E-state index contributed by atoms with van der Waals surface area (Å²) in [6, 6.07) is 16.2. The SMILES string of the molecule is Cc1noc(C)c1COc1ccc(CC(=O)O[C@H](C)C(=O)Nc2ccccc2)cc1. The second kappa shape index (κ2) is 9.73. The van der Waals surface area contributed by atoms with Crippen molar-refractivity contribution in [3.05, 3.63) is 77.2 Å². The van der Waals surface area contributed by atoms with Gasteiger partial charge < -0.3 is 19.3 Å². The number of ether oxygens (including phenoxy) is 2. The van der Waals surface area contributed by atoms with E-state index >= 15 is 0 Å². The van der Waals surface area contributed by atoms with Gasteiger partial charge in [0.25, 0.3) is 5.91 Å². The van der Waals surface area contributed by atoms with Gasteiger partial charge in [0.1, 0.15) is 18.1 Å². The largest absolute Gasteiger partial charge is 0.489 e. The lowest BCUT2D eigenvalue weighted by molar-refractivity contribution is -0.152. The molecule has 30 heavy (non-hydrogen) atoms. The first-order chi connectivity index (χ1) is 14.4. The number of para-hydroxylation sites is 1. The van der Waals surface area contributed by atoms with Crippen molar-refractivity contribution in [1.82, 2.24) is 5.16 Å². The Kier molecular flexibility index (Phi) is 6.85. The number of rotatable bonds is 8. The van der Waals surface area contributed by atoms with E-state index in [0.717, 1.165) is 22.6 Å². The Hall–Kier alpha value is -3.61. The van der Waals surface area contributed by atoms with Crippen molar-refractivity contribution in [2.45, 2.75) is 39.9 Å². The second-order valence-electron chi connectivity index (χ2n) is 6.90. The maximum Gasteiger partial charge on any atom is 0.311 e. The number of hydrogen-bond donors (Lipinski definition) is 1. The van der Waals surface area contributed by atoms with Crippen LogP contribution in [-0.2, 0) is 27.4 Å². The van der Waals surface area contributed by atoms with Crippen LogP contribution in [0.5, 0.6) is 5.75 Å². The number of hydrogen-bond acceptors (Lipinski definition) is 6. The van der Waals surface area contributed by atoms with Crippen molar-refractivity contribution in [1.29, 1.82) is 0 Å². The van der Waals surface area contributed by atoms with Gasteiger partial charge >= 0.3 is 5.97 Å². The number of carbonyl (C=O) groups is 2. The molecule has 0 fully saturated rings. The first-order valence-electron chi connectivity index (χ1n) is 9.61. The van der Waals surface area contributed by atoms with Crippen molar-refractivity contribution in [3.63, 3.8) is 0 Å². The zero-order valence-corrected chi connectivity index (χ0v) is 17.2. The highest BCUT2D eigenvalue weighted by Crippen LogP contribution is 2.18. The standard InChI is InChI=1S/C23H24N2O5/c1-15-21(16(2)30-25-15)14-28-20-11-9-18(10-12-20)13-22(26)29-17(3)23(27)24-19-7-5-4-6-8-19/h4-12,17H,13-14H2,1-3H3,(H,24,27)/t17-/m1/s1. The van der Waals surface area contributed by atoms with E-state index in [4.69, 9.17) is 14.0 Å². The van der Waals surface area contributed by atoms with Gasteiger partial charge in [0.15, 0.2) is 6.10 Å². The number of anilines is 1. The van der Waals surface area contributed by atoms with E-state index in [1.807, 2.05) is 32.0 Å². The molecule has 1 heterocycles. The van der Waals surface area contributed by atoms with Gasteiger partial charge in [0.2, 0.25) is 0 Å². The van der Waals surface area contributed by atoms with Crippen molar-refractivity contribution in [3.8, 4) is 5.75 Å². The van der Waals surface area contributed by atoms with E-state index in [9.17, 15) is 9.59 Å². The minimum absolute atomic E-state index is 0.0626. The maximum atomic E-state index is 12.2. The normalized spacial score (nSPS) is 11.6. The van der Waals surface area contributed by atoms with E-state index < -0.39 is 12.1 Å². The molecular formula is C23H24N2O5. The van der Waals surface area contributed by atoms with E-state index in [1.165, 1.54) is 0 Å². The summed E-state index contributed by atoms with van der Waals surface area (Å²) in [6.45, 7) is 5.61. The molecule has 0 spiro atoms. The minimum Gasteiger partial charge on any atom is -0.489 e. The van der Waals surface area contributed by atoms with Gasteiger partial charge in [-0.05, 0) is 50.6 Å². The lowest BCUT2D eigenvalue weighted by Crippen LogP contribution is -2.30. The predicted molar refractivity (Wildman–Crippen MR) is 111 cm³/mol. The Morgan fingerprint density at radius 3 is 2.40 bits per heavy atom. The molecule has 0 aliphatic rings. The number of nitrogens with one attached hydrogen (secondary N) is 1. The number of esters is 1. The molecule has 3 rings (SSSR count). The summed E-state index contributed by atoms with van der Waals surface area (Å²) >= 11 is 0. The third-order valence-corrected chi connectivity index (χ3v) is 4.55. The quantitative estimate of drug-likeness (QED) is 0.567. The Balaban J connectivity index is 1.47. The van der Waals surface area contributed by atoms with Gasteiger partial charge in [0.05, 0.1) is 17.7 Å². The van der Waals surface area contributed by atoms with Crippen LogP contribution in [-0.4, -0.2) is 23.1 Å². The third kappa shape index (κ3) is 5.70. The summed E-state index contributed by atoms with van der Waals surface area (Å²) in [4.78, 5) is 24.3. The molecule has 0 aliphatic heterocycles. The molecule has 156 valence electrons. The van der Waals surface area contributed by atoms with Crippen LogP contribution in [0.1, 0.15) is 29.5 Å². The smallest absolute Gasteiger partial charge is 0.311 e. The summed E-state index contributed by atoms with van der Waals surface area (Å²) in [7, 11) is 0. The molecule has 0 aliphatic carbocycles. The van der Waals surface area contributed by atoms with Gasteiger partial charge in [-0.3, -0.25) is 9.59 Å². The van der Waals surface area contributed by atoms with Gasteiger partial charge in [-0.1, -0.05) is 35.5 Å². The van der Waals surface area contributed by atoms with Crippen LogP contribution in [0.2, 0.25) is 0 Å². The Bertz CT molecular complexity index is 977. The van der Waals surface area contributed by atoms with Gasteiger partial charge in [-0.15, -0.1) is 0 Å². The highest BCUT2D eigenvalue weighted by atomic mass is 16.5. The Morgan fingerprint density at radius 1 is 1.07 bits per heavy atom. The summed E-state index contributed by atoms with van der Waals surface area (Å²) in [5.74, 6) is 0.549. The fourth-order valence-electron chi connectivity index (χ4n) is 2.79. The molecule has 0 saturated heterocycles. The lowest BCUT2D eigenvalue weighted by atomic mass is 10.1. The minimum atomic E-state index is -0.893. The number of aryl methyl sites for hydroxylation is 2. The summed E-state index contributed by atoms with van der Waals surface area (Å²) in [5, 5.41) is 6.61. The second-order valence-corrected chi connectivity index (χ2v) is 6.90. The average molecular weight is 408 g/mol. The first kappa shape index (κ1) is 21.1. The molecule has 7 heteroatoms. The number of aromatic nitrogens is 1. The Morgan fingerprint density at radius 2 is 1.77 bits per heavy atom. The lowest BCUT2D eigenvalue weighted by Gasteiger charge is -2.13. The summed E-state index contributed by atoms with van der Waals surface area (Å²) < 4.78 is 16.1. The monoisotopic (exact) mass is 408 g/mol. The van der Waals surface area contributed by atoms with E-state index in [2.05, 4.69) is 10.5 Å². The number of amides is 1. The summed E-state index contributed by atoms with van der Waals surface area (Å²) in [6.07, 6.45) is -0.831. The van der Waals surface area contributed by atoms with Crippen LogP contribution in [0.3, 0.4) is 0 Å². The molecule has 1 amide bonds. The van der Waals surface area contributed by atoms with Crippen LogP contribution in [0, 0.1) is 13.8 Å². The molecule has 0 unspecified atom stereocenters. The van der Waals surface area contributed by atoms with Crippen LogP contribution in [0.15, 0.2) is 59.1 Å². The zero-order chi connectivity index (χ0) is 21.5. The molecule has 0 bridgehead atoms. The fraction of sp³-hybridized carbons (Fsp3) is 0.261. The highest BCUT2D eigenvalue weighted by Gasteiger charge is 2.18. The topological polar surface area (TPSA) is 90.7 Å². The van der Waals surface area contributed by atoms with Crippen LogP contribution < -0.4 is 10.1 Å². The molecule has 2 aromatic carbocycles. The maximum absolute atomic E-state index is 12.2. The molecule has 7 nitrogen and oxygen atoms in total. The van der Waals surface area contributed by atoms with Gasteiger partial charge in [-0.2, -0.15) is 0 Å². The first-order valence-corrected chi connectivity index (χ1v) is 9.61. The van der Waals surface area contributed by atoms with Crippen molar-refractivity contribution in [2.75, 3.05) is 5.32 Å². The summed E-state index contributed by atoms with van der Waals surface area (Å²) in [5.41, 5.74) is 3.14. The average Bonchev–Trinajstić information content (AvgIpc) is 3.05. The van der Waals surface area contributed by atoms with Gasteiger partial charge in [-0.25, -0.2) is 0 Å². The number of benzene rings is 2. The molecule has 3 aromatic rings. The van der Waals surface area contributed by atoms with Crippen LogP contribution in [0.25, 0.3) is 0 Å². The molecule has 0 saturated carbocycles. The van der Waals surface area contributed by atoms with E-state index in [1.54, 1.807) is 43.3 Å². The fourth-order valence-corrected chi connectivity index (χ4v) is 2.79.